The van der Waals surface area contributed by atoms with Gasteiger partial charge in [0.15, 0.2) is 0 Å². The smallest absolute Gasteiger partial charge is 0.379 e. The van der Waals surface area contributed by atoms with Crippen molar-refractivity contribution in [2.75, 3.05) is 7.11 Å². The summed E-state index contributed by atoms with van der Waals surface area (Å²) in [5.41, 5.74) is 10.6. The van der Waals surface area contributed by atoms with Crippen molar-refractivity contribution in [2.24, 2.45) is 5.73 Å². The van der Waals surface area contributed by atoms with E-state index in [4.69, 9.17) is 24.4 Å². The van der Waals surface area contributed by atoms with Crippen molar-refractivity contribution in [3.8, 4) is 17.6 Å². The number of nitriles is 1. The first-order valence-corrected chi connectivity index (χ1v) is 12.0. The fraction of sp³-hybridized carbons (Fsp3) is 0.167. The number of fused-ring (bicyclic) bond motifs is 2. The van der Waals surface area contributed by atoms with Gasteiger partial charge in [-0.05, 0) is 54.8 Å². The van der Waals surface area contributed by atoms with Crippen LogP contribution < -0.4 is 15.2 Å². The Morgan fingerprint density at radius 2 is 1.82 bits per heavy atom. The first-order valence-electron chi connectivity index (χ1n) is 12.0. The summed E-state index contributed by atoms with van der Waals surface area (Å²) in [7, 11) is 1.31. The Kier molecular flexibility index (Phi) is 6.35. The SMILES string of the molecule is CCc1ccc2oc(C(=O)Oc3ccc4c(c3)OC(N)=C(C#N)C4c3ccc(C(=O)OC)cc3)c(C)c2c1. The molecule has 8 heteroatoms. The predicted octanol–water partition coefficient (Wildman–Crippen LogP) is 5.53. The minimum Gasteiger partial charge on any atom is -0.465 e. The van der Waals surface area contributed by atoms with Crippen LogP contribution in [0.5, 0.6) is 11.5 Å². The summed E-state index contributed by atoms with van der Waals surface area (Å²) >= 11 is 0. The summed E-state index contributed by atoms with van der Waals surface area (Å²) in [5.74, 6) is -0.976. The van der Waals surface area contributed by atoms with Crippen LogP contribution in [0, 0.1) is 18.3 Å². The monoisotopic (exact) mass is 508 g/mol. The van der Waals surface area contributed by atoms with Crippen LogP contribution in [0.25, 0.3) is 11.0 Å². The zero-order valence-electron chi connectivity index (χ0n) is 21.0. The Hall–Kier alpha value is -5.03. The quantitative estimate of drug-likeness (QED) is 0.276. The summed E-state index contributed by atoms with van der Waals surface area (Å²) in [6, 6.07) is 19.6. The van der Waals surface area contributed by atoms with Gasteiger partial charge in [0, 0.05) is 22.6 Å². The number of ether oxygens (including phenoxy) is 3. The number of allylic oxidation sites excluding steroid dienone is 1. The van der Waals surface area contributed by atoms with Gasteiger partial charge in [-0.25, -0.2) is 9.59 Å². The second kappa shape index (κ2) is 9.79. The molecule has 8 nitrogen and oxygen atoms in total. The van der Waals surface area contributed by atoms with E-state index in [1.54, 1.807) is 42.5 Å². The van der Waals surface area contributed by atoms with Crippen LogP contribution in [-0.2, 0) is 11.2 Å². The molecule has 0 saturated carbocycles. The second-order valence-electron chi connectivity index (χ2n) is 8.87. The number of hydrogen-bond donors (Lipinski definition) is 1. The molecule has 1 aliphatic rings. The number of methoxy groups -OCH3 is 1. The molecule has 0 fully saturated rings. The topological polar surface area (TPSA) is 125 Å². The van der Waals surface area contributed by atoms with E-state index in [2.05, 4.69) is 13.0 Å². The second-order valence-corrected chi connectivity index (χ2v) is 8.87. The van der Waals surface area contributed by atoms with E-state index in [1.807, 2.05) is 25.1 Å². The Balaban J connectivity index is 1.46. The number of furan rings is 1. The molecule has 5 rings (SSSR count). The minimum atomic E-state index is -0.635. The molecule has 0 amide bonds. The average molecular weight is 509 g/mol. The predicted molar refractivity (Wildman–Crippen MR) is 139 cm³/mol. The third-order valence-electron chi connectivity index (χ3n) is 6.66. The molecular formula is C30H24N2O6. The van der Waals surface area contributed by atoms with E-state index >= 15 is 0 Å². The van der Waals surface area contributed by atoms with Crippen molar-refractivity contribution >= 4 is 22.9 Å². The molecule has 1 aliphatic heterocycles. The molecular weight excluding hydrogens is 484 g/mol. The first-order chi connectivity index (χ1) is 18.3. The number of rotatable bonds is 5. The van der Waals surface area contributed by atoms with Gasteiger partial charge in [0.05, 0.1) is 18.6 Å². The van der Waals surface area contributed by atoms with Crippen molar-refractivity contribution in [3.05, 3.63) is 106 Å². The van der Waals surface area contributed by atoms with Gasteiger partial charge in [0.2, 0.25) is 11.6 Å². The molecule has 3 aromatic carbocycles. The van der Waals surface area contributed by atoms with Gasteiger partial charge in [-0.1, -0.05) is 31.2 Å². The molecule has 1 unspecified atom stereocenters. The van der Waals surface area contributed by atoms with Gasteiger partial charge in [0.25, 0.3) is 0 Å². The number of hydrogen-bond acceptors (Lipinski definition) is 8. The van der Waals surface area contributed by atoms with Crippen LogP contribution in [0.3, 0.4) is 0 Å². The van der Waals surface area contributed by atoms with Crippen molar-refractivity contribution in [1.29, 1.82) is 5.26 Å². The number of aryl methyl sites for hydroxylation is 2. The summed E-state index contributed by atoms with van der Waals surface area (Å²) in [6.07, 6.45) is 0.872. The van der Waals surface area contributed by atoms with Crippen molar-refractivity contribution in [2.45, 2.75) is 26.2 Å². The number of carbonyl (C=O) groups is 2. The lowest BCUT2D eigenvalue weighted by Gasteiger charge is -2.26. The summed E-state index contributed by atoms with van der Waals surface area (Å²) in [4.78, 5) is 24.8. The molecule has 0 aliphatic carbocycles. The molecule has 2 heterocycles. The summed E-state index contributed by atoms with van der Waals surface area (Å²) < 4.78 is 21.9. The van der Waals surface area contributed by atoms with Crippen LogP contribution >= 0.6 is 0 Å². The molecule has 4 aromatic rings. The van der Waals surface area contributed by atoms with Crippen LogP contribution in [0.1, 0.15) is 56.0 Å². The van der Waals surface area contributed by atoms with Gasteiger partial charge < -0.3 is 24.4 Å². The standard InChI is InChI=1S/C30H24N2O6/c1-4-17-5-12-24-22(13-17)16(2)27(37-24)30(34)36-20-10-11-21-25(14-20)38-28(32)23(15-31)26(21)18-6-8-19(9-7-18)29(33)35-3/h5-14,26H,4,32H2,1-3H3. The lowest BCUT2D eigenvalue weighted by atomic mass is 9.83. The molecule has 2 N–H and O–H groups in total. The zero-order valence-corrected chi connectivity index (χ0v) is 21.0. The Labute approximate surface area is 218 Å². The number of nitrogens with zero attached hydrogens (tertiary/aromatic N) is 1. The maximum absolute atomic E-state index is 13.0. The Bertz CT molecular complexity index is 1660. The molecule has 0 radical (unpaired) electrons. The van der Waals surface area contributed by atoms with E-state index in [0.29, 0.717) is 28.0 Å². The van der Waals surface area contributed by atoms with E-state index in [9.17, 15) is 14.9 Å². The van der Waals surface area contributed by atoms with Crippen LogP contribution in [0.4, 0.5) is 0 Å². The third-order valence-corrected chi connectivity index (χ3v) is 6.66. The van der Waals surface area contributed by atoms with E-state index in [0.717, 1.165) is 22.9 Å². The van der Waals surface area contributed by atoms with Crippen LogP contribution in [-0.4, -0.2) is 19.0 Å². The fourth-order valence-electron chi connectivity index (χ4n) is 4.61. The first kappa shape index (κ1) is 24.7. The molecule has 38 heavy (non-hydrogen) atoms. The van der Waals surface area contributed by atoms with Crippen LogP contribution in [0.15, 0.2) is 76.5 Å². The molecule has 0 bridgehead atoms. The normalized spacial score (nSPS) is 14.4. The largest absolute Gasteiger partial charge is 0.465 e. The minimum absolute atomic E-state index is 0.0506. The Morgan fingerprint density at radius 3 is 2.50 bits per heavy atom. The maximum Gasteiger partial charge on any atom is 0.379 e. The van der Waals surface area contributed by atoms with E-state index in [1.165, 1.54) is 7.11 Å². The summed E-state index contributed by atoms with van der Waals surface area (Å²) in [6.45, 7) is 3.89. The van der Waals surface area contributed by atoms with Gasteiger partial charge in [-0.2, -0.15) is 5.26 Å². The zero-order chi connectivity index (χ0) is 27.0. The number of benzene rings is 3. The van der Waals surface area contributed by atoms with Crippen molar-refractivity contribution in [1.82, 2.24) is 0 Å². The highest BCUT2D eigenvalue weighted by Crippen LogP contribution is 2.43. The highest BCUT2D eigenvalue weighted by molar-refractivity contribution is 5.97. The molecule has 190 valence electrons. The van der Waals surface area contributed by atoms with Crippen LogP contribution in [0.2, 0.25) is 0 Å². The average Bonchev–Trinajstić information content (AvgIpc) is 3.27. The van der Waals surface area contributed by atoms with E-state index in [-0.39, 0.29) is 23.0 Å². The van der Waals surface area contributed by atoms with Gasteiger partial charge >= 0.3 is 11.9 Å². The van der Waals surface area contributed by atoms with Crippen molar-refractivity contribution in [3.63, 3.8) is 0 Å². The highest BCUT2D eigenvalue weighted by atomic mass is 16.5. The molecule has 0 saturated heterocycles. The lowest BCUT2D eigenvalue weighted by Crippen LogP contribution is -2.21. The number of esters is 2. The van der Waals surface area contributed by atoms with Crippen molar-refractivity contribution < 1.29 is 28.2 Å². The van der Waals surface area contributed by atoms with E-state index < -0.39 is 17.9 Å². The van der Waals surface area contributed by atoms with Gasteiger partial charge in [0.1, 0.15) is 28.7 Å². The highest BCUT2D eigenvalue weighted by Gasteiger charge is 2.31. The molecule has 0 spiro atoms. The van der Waals surface area contributed by atoms with Gasteiger partial charge in [-0.15, -0.1) is 0 Å². The summed E-state index contributed by atoms with van der Waals surface area (Å²) in [5, 5.41) is 10.7. The lowest BCUT2D eigenvalue weighted by molar-refractivity contribution is 0.0600. The third kappa shape index (κ3) is 4.24. The number of nitrogens with two attached hydrogens (primary N) is 1. The number of carbonyl (C=O) groups excluding carboxylic acids is 2. The maximum atomic E-state index is 13.0. The van der Waals surface area contributed by atoms with Gasteiger partial charge in [-0.3, -0.25) is 0 Å². The fourth-order valence-corrected chi connectivity index (χ4v) is 4.61. The Morgan fingerprint density at radius 1 is 1.05 bits per heavy atom. The molecule has 1 atom stereocenters. The molecule has 1 aromatic heterocycles.